The lowest BCUT2D eigenvalue weighted by Crippen LogP contribution is -2.19. The molecule has 0 bridgehead atoms. The van der Waals surface area contributed by atoms with Crippen LogP contribution in [0.25, 0.3) is 0 Å². The second kappa shape index (κ2) is 6.08. The molecule has 21 heavy (non-hydrogen) atoms. The Labute approximate surface area is 131 Å². The summed E-state index contributed by atoms with van der Waals surface area (Å²) in [4.78, 5) is 2.18. The molecule has 2 aromatic rings. The van der Waals surface area contributed by atoms with E-state index in [0.29, 0.717) is 6.04 Å². The second-order valence-corrected chi connectivity index (χ2v) is 6.21. The van der Waals surface area contributed by atoms with Crippen LogP contribution in [0.5, 0.6) is 0 Å². The van der Waals surface area contributed by atoms with E-state index in [-0.39, 0.29) is 0 Å². The van der Waals surface area contributed by atoms with Crippen LogP contribution in [0.3, 0.4) is 0 Å². The molecule has 1 fully saturated rings. The van der Waals surface area contributed by atoms with Crippen molar-refractivity contribution < 1.29 is 0 Å². The van der Waals surface area contributed by atoms with Crippen molar-refractivity contribution in [3.8, 4) is 0 Å². The van der Waals surface area contributed by atoms with Gasteiger partial charge in [-0.2, -0.15) is 0 Å². The van der Waals surface area contributed by atoms with Crippen LogP contribution in [0.1, 0.15) is 24.0 Å². The monoisotopic (exact) mass is 300 g/mol. The first-order valence-electron chi connectivity index (χ1n) is 7.46. The fourth-order valence-electron chi connectivity index (χ4n) is 2.59. The van der Waals surface area contributed by atoms with E-state index < -0.39 is 0 Å². The van der Waals surface area contributed by atoms with Crippen molar-refractivity contribution in [3.63, 3.8) is 0 Å². The molecule has 0 radical (unpaired) electrons. The van der Waals surface area contributed by atoms with Gasteiger partial charge in [-0.05, 0) is 49.1 Å². The van der Waals surface area contributed by atoms with E-state index in [1.807, 2.05) is 12.1 Å². The number of rotatable bonds is 5. The predicted octanol–water partition coefficient (Wildman–Crippen LogP) is 4.67. The van der Waals surface area contributed by atoms with Gasteiger partial charge >= 0.3 is 0 Å². The van der Waals surface area contributed by atoms with Gasteiger partial charge in [-0.15, -0.1) is 0 Å². The Balaban J connectivity index is 1.91. The summed E-state index contributed by atoms with van der Waals surface area (Å²) in [5, 5.41) is 4.37. The third-order valence-corrected chi connectivity index (χ3v) is 4.26. The minimum atomic E-state index is 0.695. The number of hydrogen-bond donors (Lipinski definition) is 1. The Bertz CT molecular complexity index is 635. The van der Waals surface area contributed by atoms with Gasteiger partial charge in [0.15, 0.2) is 0 Å². The molecule has 1 N–H and O–H groups in total. The molecule has 3 heteroatoms. The summed E-state index contributed by atoms with van der Waals surface area (Å²) >= 11 is 6.48. The van der Waals surface area contributed by atoms with Crippen LogP contribution in [0.2, 0.25) is 5.02 Å². The number of nitrogens with zero attached hydrogens (tertiary/aromatic N) is 1. The van der Waals surface area contributed by atoms with E-state index in [9.17, 15) is 0 Å². The average molecular weight is 301 g/mol. The molecule has 1 saturated carbocycles. The number of hydrogen-bond acceptors (Lipinski definition) is 2. The largest absolute Gasteiger partial charge is 0.343 e. The Kier molecular flexibility index (Phi) is 4.18. The van der Waals surface area contributed by atoms with Crippen LogP contribution >= 0.6 is 11.6 Å². The molecule has 0 spiro atoms. The summed E-state index contributed by atoms with van der Waals surface area (Å²) in [6.07, 6.45) is 2.59. The smallest absolute Gasteiger partial charge is 0.0646 e. The van der Waals surface area contributed by atoms with E-state index >= 15 is 0 Å². The molecule has 2 nitrogen and oxygen atoms in total. The van der Waals surface area contributed by atoms with Crippen molar-refractivity contribution >= 4 is 23.0 Å². The first kappa shape index (κ1) is 14.4. The molecule has 1 aliphatic carbocycles. The van der Waals surface area contributed by atoms with Gasteiger partial charge in [0.2, 0.25) is 0 Å². The highest BCUT2D eigenvalue weighted by atomic mass is 35.5. The quantitative estimate of drug-likeness (QED) is 0.863. The van der Waals surface area contributed by atoms with Gasteiger partial charge in [0, 0.05) is 25.3 Å². The highest BCUT2D eigenvalue weighted by molar-refractivity contribution is 6.33. The maximum atomic E-state index is 6.48. The first-order chi connectivity index (χ1) is 10.1. The number of aryl methyl sites for hydroxylation is 1. The molecule has 110 valence electrons. The molecule has 0 aromatic heterocycles. The Morgan fingerprint density at radius 2 is 1.95 bits per heavy atom. The van der Waals surface area contributed by atoms with Crippen LogP contribution in [-0.4, -0.2) is 13.1 Å². The van der Waals surface area contributed by atoms with Gasteiger partial charge in [0.1, 0.15) is 0 Å². The number of benzene rings is 2. The summed E-state index contributed by atoms with van der Waals surface area (Å²) in [7, 11) is 2.08. The fraction of sp³-hybridized carbons (Fsp3) is 0.333. The highest BCUT2D eigenvalue weighted by Gasteiger charge is 2.21. The zero-order valence-corrected chi connectivity index (χ0v) is 13.3. The van der Waals surface area contributed by atoms with Crippen LogP contribution < -0.4 is 10.2 Å². The maximum Gasteiger partial charge on any atom is 0.0646 e. The zero-order chi connectivity index (χ0) is 14.8. The normalized spacial score (nSPS) is 14.2. The Hall–Kier alpha value is -1.51. The minimum absolute atomic E-state index is 0.695. The lowest BCUT2D eigenvalue weighted by Gasteiger charge is -2.24. The summed E-state index contributed by atoms with van der Waals surface area (Å²) in [5.41, 5.74) is 4.76. The Morgan fingerprint density at radius 1 is 1.19 bits per heavy atom. The van der Waals surface area contributed by atoms with Crippen molar-refractivity contribution in [1.29, 1.82) is 0 Å². The summed E-state index contributed by atoms with van der Waals surface area (Å²) in [6.45, 7) is 2.98. The van der Waals surface area contributed by atoms with Gasteiger partial charge in [0.05, 0.1) is 10.7 Å². The van der Waals surface area contributed by atoms with Gasteiger partial charge < -0.3 is 10.2 Å². The van der Waals surface area contributed by atoms with E-state index in [1.54, 1.807) is 0 Å². The topological polar surface area (TPSA) is 15.3 Å². The van der Waals surface area contributed by atoms with Gasteiger partial charge in [-0.1, -0.05) is 35.9 Å². The van der Waals surface area contributed by atoms with Gasteiger partial charge in [-0.3, -0.25) is 0 Å². The lowest BCUT2D eigenvalue weighted by molar-refractivity contribution is 0.687. The standard InChI is InChI=1S/C18H21ClN2/c1-13-5-3-7-16(11-13)21(2)18-14(6-4-8-17(18)19)12-20-15-9-10-15/h3-8,11,15,20H,9-10,12H2,1-2H3. The molecule has 3 rings (SSSR count). The summed E-state index contributed by atoms with van der Waals surface area (Å²) < 4.78 is 0. The molecule has 2 aromatic carbocycles. The first-order valence-corrected chi connectivity index (χ1v) is 7.84. The highest BCUT2D eigenvalue weighted by Crippen LogP contribution is 2.34. The third kappa shape index (κ3) is 3.39. The fourth-order valence-corrected chi connectivity index (χ4v) is 2.91. The van der Waals surface area contributed by atoms with Crippen molar-refractivity contribution in [1.82, 2.24) is 5.32 Å². The van der Waals surface area contributed by atoms with E-state index in [0.717, 1.165) is 22.9 Å². The Morgan fingerprint density at radius 3 is 2.67 bits per heavy atom. The van der Waals surface area contributed by atoms with Crippen LogP contribution in [-0.2, 0) is 6.54 Å². The number of halogens is 1. The van der Waals surface area contributed by atoms with Gasteiger partial charge in [0.25, 0.3) is 0 Å². The molecule has 0 heterocycles. The van der Waals surface area contributed by atoms with E-state index in [2.05, 4.69) is 54.5 Å². The number of nitrogens with one attached hydrogen (secondary N) is 1. The third-order valence-electron chi connectivity index (χ3n) is 3.95. The number of anilines is 2. The van der Waals surface area contributed by atoms with Crippen LogP contribution in [0.15, 0.2) is 42.5 Å². The van der Waals surface area contributed by atoms with Crippen LogP contribution in [0, 0.1) is 6.92 Å². The molecule has 0 aliphatic heterocycles. The molecule has 0 amide bonds. The zero-order valence-electron chi connectivity index (χ0n) is 12.6. The molecular weight excluding hydrogens is 280 g/mol. The maximum absolute atomic E-state index is 6.48. The summed E-state index contributed by atoms with van der Waals surface area (Å²) in [6, 6.07) is 15.3. The number of para-hydroxylation sites is 1. The van der Waals surface area contributed by atoms with E-state index in [4.69, 9.17) is 11.6 Å². The second-order valence-electron chi connectivity index (χ2n) is 5.80. The molecule has 1 aliphatic rings. The molecule has 0 atom stereocenters. The van der Waals surface area contributed by atoms with Crippen molar-refractivity contribution in [2.75, 3.05) is 11.9 Å². The molecule has 0 unspecified atom stereocenters. The average Bonchev–Trinajstić information content (AvgIpc) is 3.29. The summed E-state index contributed by atoms with van der Waals surface area (Å²) in [5.74, 6) is 0. The molecule has 0 saturated heterocycles. The van der Waals surface area contributed by atoms with Crippen molar-refractivity contribution in [2.24, 2.45) is 0 Å². The predicted molar refractivity (Wildman–Crippen MR) is 90.6 cm³/mol. The lowest BCUT2D eigenvalue weighted by atomic mass is 10.1. The molecular formula is C18H21ClN2. The van der Waals surface area contributed by atoms with Crippen LogP contribution in [0.4, 0.5) is 11.4 Å². The van der Waals surface area contributed by atoms with Gasteiger partial charge in [-0.25, -0.2) is 0 Å². The van der Waals surface area contributed by atoms with Crippen molar-refractivity contribution in [2.45, 2.75) is 32.4 Å². The van der Waals surface area contributed by atoms with Crippen molar-refractivity contribution in [3.05, 3.63) is 58.6 Å². The SMILES string of the molecule is Cc1cccc(N(C)c2c(Cl)cccc2CNC2CC2)c1. The minimum Gasteiger partial charge on any atom is -0.343 e. The van der Waals surface area contributed by atoms with E-state index in [1.165, 1.54) is 24.0 Å².